The molecular weight excluding hydrogens is 168 g/mol. The third kappa shape index (κ3) is 1.23. The maximum Gasteiger partial charge on any atom is 0.164 e. The van der Waals surface area contributed by atoms with Crippen molar-refractivity contribution in [2.24, 2.45) is 5.92 Å². The normalized spacial score (nSPS) is 50.9. The Kier molecular flexibility index (Phi) is 1.44. The molecule has 0 saturated carbocycles. The molecule has 0 spiro atoms. The molecule has 0 aromatic rings. The summed E-state index contributed by atoms with van der Waals surface area (Å²) in [6.07, 6.45) is 4.98. The Labute approximate surface area is 77.7 Å². The van der Waals surface area contributed by atoms with Crippen LogP contribution in [0.5, 0.6) is 0 Å². The first-order valence-electron chi connectivity index (χ1n) is 4.81. The summed E-state index contributed by atoms with van der Waals surface area (Å²) in [5, 5.41) is 0. The van der Waals surface area contributed by atoms with Crippen molar-refractivity contribution in [3.05, 3.63) is 12.2 Å². The van der Waals surface area contributed by atoms with Crippen LogP contribution in [-0.4, -0.2) is 30.7 Å². The monoisotopic (exact) mass is 182 g/mol. The van der Waals surface area contributed by atoms with E-state index < -0.39 is 5.79 Å². The molecule has 3 heteroatoms. The zero-order chi connectivity index (χ0) is 9.05. The lowest BCUT2D eigenvalue weighted by Gasteiger charge is -2.19. The Hall–Kier alpha value is -0.380. The average molecular weight is 182 g/mol. The van der Waals surface area contributed by atoms with Gasteiger partial charge in [0.2, 0.25) is 0 Å². The van der Waals surface area contributed by atoms with E-state index in [1.807, 2.05) is 13.8 Å². The Morgan fingerprint density at radius 3 is 2.69 bits per heavy atom. The third-order valence-electron chi connectivity index (χ3n) is 2.85. The SMILES string of the molecule is CC1(C)OC2C=C[C@@H](C3CO3)C2O1. The zero-order valence-electron chi connectivity index (χ0n) is 7.90. The minimum atomic E-state index is -0.423. The van der Waals surface area contributed by atoms with E-state index in [-0.39, 0.29) is 12.2 Å². The van der Waals surface area contributed by atoms with Gasteiger partial charge in [0, 0.05) is 5.92 Å². The molecular formula is C10H14O3. The van der Waals surface area contributed by atoms with E-state index in [4.69, 9.17) is 14.2 Å². The lowest BCUT2D eigenvalue weighted by atomic mass is 10.0. The van der Waals surface area contributed by atoms with E-state index in [9.17, 15) is 0 Å². The van der Waals surface area contributed by atoms with Gasteiger partial charge in [0.1, 0.15) is 6.10 Å². The van der Waals surface area contributed by atoms with Crippen molar-refractivity contribution < 1.29 is 14.2 Å². The van der Waals surface area contributed by atoms with Gasteiger partial charge in [-0.15, -0.1) is 0 Å². The molecule has 2 aliphatic heterocycles. The van der Waals surface area contributed by atoms with Crippen LogP contribution < -0.4 is 0 Å². The molecule has 72 valence electrons. The first-order chi connectivity index (χ1) is 6.16. The van der Waals surface area contributed by atoms with Gasteiger partial charge in [0.25, 0.3) is 0 Å². The highest BCUT2D eigenvalue weighted by molar-refractivity contribution is 5.15. The van der Waals surface area contributed by atoms with Gasteiger partial charge in [-0.3, -0.25) is 0 Å². The van der Waals surface area contributed by atoms with Crippen molar-refractivity contribution >= 4 is 0 Å². The van der Waals surface area contributed by atoms with Gasteiger partial charge in [0.15, 0.2) is 5.79 Å². The number of ether oxygens (including phenoxy) is 3. The fraction of sp³-hybridized carbons (Fsp3) is 0.800. The maximum atomic E-state index is 5.82. The Bertz CT molecular complexity index is 255. The summed E-state index contributed by atoms with van der Waals surface area (Å²) in [7, 11) is 0. The van der Waals surface area contributed by atoms with E-state index >= 15 is 0 Å². The predicted octanol–water partition coefficient (Wildman–Crippen LogP) is 1.09. The fourth-order valence-electron chi connectivity index (χ4n) is 2.22. The highest BCUT2D eigenvalue weighted by Crippen LogP contribution is 2.41. The maximum absolute atomic E-state index is 5.82. The van der Waals surface area contributed by atoms with Crippen molar-refractivity contribution in [2.45, 2.75) is 37.9 Å². The highest BCUT2D eigenvalue weighted by atomic mass is 16.8. The van der Waals surface area contributed by atoms with E-state index in [2.05, 4.69) is 12.2 Å². The number of rotatable bonds is 1. The minimum Gasteiger partial charge on any atom is -0.372 e. The molecule has 3 aliphatic rings. The van der Waals surface area contributed by atoms with E-state index in [0.717, 1.165) is 6.61 Å². The second-order valence-corrected chi connectivity index (χ2v) is 4.40. The number of hydrogen-bond acceptors (Lipinski definition) is 3. The average Bonchev–Trinajstić information content (AvgIpc) is 2.72. The molecule has 0 radical (unpaired) electrons. The minimum absolute atomic E-state index is 0.143. The molecule has 3 rings (SSSR count). The third-order valence-corrected chi connectivity index (χ3v) is 2.85. The summed E-state index contributed by atoms with van der Waals surface area (Å²) in [4.78, 5) is 0. The quantitative estimate of drug-likeness (QED) is 0.449. The van der Waals surface area contributed by atoms with Gasteiger partial charge in [0.05, 0.1) is 18.8 Å². The van der Waals surface area contributed by atoms with Gasteiger partial charge in [-0.05, 0) is 13.8 Å². The van der Waals surface area contributed by atoms with Gasteiger partial charge >= 0.3 is 0 Å². The summed E-state index contributed by atoms with van der Waals surface area (Å²) in [5.74, 6) is -0.0143. The van der Waals surface area contributed by atoms with Crippen molar-refractivity contribution in [3.8, 4) is 0 Å². The molecule has 0 bridgehead atoms. The first kappa shape index (κ1) is 7.97. The topological polar surface area (TPSA) is 31.0 Å². The second-order valence-electron chi connectivity index (χ2n) is 4.40. The van der Waals surface area contributed by atoms with Crippen molar-refractivity contribution in [2.75, 3.05) is 6.61 Å². The largest absolute Gasteiger partial charge is 0.372 e. The molecule has 2 fully saturated rings. The Balaban J connectivity index is 1.79. The summed E-state index contributed by atoms with van der Waals surface area (Å²) < 4.78 is 16.8. The Morgan fingerprint density at radius 2 is 2.00 bits per heavy atom. The van der Waals surface area contributed by atoms with Gasteiger partial charge in [-0.25, -0.2) is 0 Å². The summed E-state index contributed by atoms with van der Waals surface area (Å²) in [5.41, 5.74) is 0. The number of hydrogen-bond donors (Lipinski definition) is 0. The molecule has 3 nitrogen and oxygen atoms in total. The number of epoxide rings is 1. The van der Waals surface area contributed by atoms with E-state index in [0.29, 0.717) is 12.0 Å². The van der Waals surface area contributed by atoms with Crippen LogP contribution in [0.2, 0.25) is 0 Å². The van der Waals surface area contributed by atoms with Crippen molar-refractivity contribution in [3.63, 3.8) is 0 Å². The zero-order valence-corrected chi connectivity index (χ0v) is 7.90. The van der Waals surface area contributed by atoms with Gasteiger partial charge < -0.3 is 14.2 Å². The van der Waals surface area contributed by atoms with Crippen LogP contribution in [0.4, 0.5) is 0 Å². The van der Waals surface area contributed by atoms with Gasteiger partial charge in [-0.1, -0.05) is 12.2 Å². The molecule has 13 heavy (non-hydrogen) atoms. The van der Waals surface area contributed by atoms with Crippen LogP contribution in [0, 0.1) is 5.92 Å². The van der Waals surface area contributed by atoms with E-state index in [1.54, 1.807) is 0 Å². The molecule has 2 saturated heterocycles. The molecule has 0 N–H and O–H groups in total. The summed E-state index contributed by atoms with van der Waals surface area (Å²) in [6.45, 7) is 4.80. The molecule has 0 aromatic heterocycles. The standard InChI is InChI=1S/C10H14O3/c1-10(2)12-7-4-3-6(8-5-11-8)9(7)13-10/h3-4,6-9H,5H2,1-2H3/t6-,7?,8?,9?/m0/s1. The van der Waals surface area contributed by atoms with Crippen LogP contribution in [0.3, 0.4) is 0 Å². The molecule has 4 atom stereocenters. The summed E-state index contributed by atoms with van der Waals surface area (Å²) in [6, 6.07) is 0. The van der Waals surface area contributed by atoms with Crippen molar-refractivity contribution in [1.82, 2.24) is 0 Å². The lowest BCUT2D eigenvalue weighted by molar-refractivity contribution is -0.148. The summed E-state index contributed by atoms with van der Waals surface area (Å²) >= 11 is 0. The van der Waals surface area contributed by atoms with Crippen molar-refractivity contribution in [1.29, 1.82) is 0 Å². The molecule has 1 aliphatic carbocycles. The van der Waals surface area contributed by atoms with Crippen LogP contribution >= 0.6 is 0 Å². The Morgan fingerprint density at radius 1 is 1.23 bits per heavy atom. The van der Waals surface area contributed by atoms with Crippen LogP contribution in [-0.2, 0) is 14.2 Å². The lowest BCUT2D eigenvalue weighted by Crippen LogP contribution is -2.28. The molecule has 2 heterocycles. The predicted molar refractivity (Wildman–Crippen MR) is 46.2 cm³/mol. The number of fused-ring (bicyclic) bond motifs is 1. The highest BCUT2D eigenvalue weighted by Gasteiger charge is 2.51. The van der Waals surface area contributed by atoms with Gasteiger partial charge in [-0.2, -0.15) is 0 Å². The van der Waals surface area contributed by atoms with E-state index in [1.165, 1.54) is 0 Å². The smallest absolute Gasteiger partial charge is 0.164 e. The fourth-order valence-corrected chi connectivity index (χ4v) is 2.22. The first-order valence-corrected chi connectivity index (χ1v) is 4.81. The van der Waals surface area contributed by atoms with Crippen LogP contribution in [0.15, 0.2) is 12.2 Å². The molecule has 0 aromatic carbocycles. The molecule has 0 amide bonds. The van der Waals surface area contributed by atoms with Crippen LogP contribution in [0.25, 0.3) is 0 Å². The second kappa shape index (κ2) is 2.35. The van der Waals surface area contributed by atoms with Crippen LogP contribution in [0.1, 0.15) is 13.8 Å². The molecule has 3 unspecified atom stereocenters.